The SMILES string of the molecule is C=CCNC(=S)N/N=C1/C[C@@H]2CC=C[C@H]12. The molecule has 0 bridgehead atoms. The van der Waals surface area contributed by atoms with Crippen molar-refractivity contribution in [3.8, 4) is 0 Å². The van der Waals surface area contributed by atoms with E-state index in [1.54, 1.807) is 6.08 Å². The molecule has 2 aliphatic rings. The number of allylic oxidation sites excluding steroid dienone is 2. The number of thiocarbonyl (C=S) groups is 1. The van der Waals surface area contributed by atoms with Gasteiger partial charge >= 0.3 is 0 Å². The number of hydrogen-bond donors (Lipinski definition) is 2. The van der Waals surface area contributed by atoms with Gasteiger partial charge in [0.05, 0.1) is 0 Å². The van der Waals surface area contributed by atoms with Crippen molar-refractivity contribution in [1.29, 1.82) is 0 Å². The van der Waals surface area contributed by atoms with Crippen molar-refractivity contribution in [2.24, 2.45) is 16.9 Å². The number of nitrogens with one attached hydrogen (secondary N) is 2. The van der Waals surface area contributed by atoms with E-state index in [4.69, 9.17) is 12.2 Å². The summed E-state index contributed by atoms with van der Waals surface area (Å²) in [4.78, 5) is 0. The Morgan fingerprint density at radius 2 is 2.60 bits per heavy atom. The molecule has 0 aromatic carbocycles. The molecule has 0 aromatic heterocycles. The van der Waals surface area contributed by atoms with E-state index in [1.165, 1.54) is 12.1 Å². The first kappa shape index (κ1) is 10.4. The fourth-order valence-electron chi connectivity index (χ4n) is 1.99. The zero-order valence-corrected chi connectivity index (χ0v) is 9.39. The number of hydrogen-bond acceptors (Lipinski definition) is 2. The summed E-state index contributed by atoms with van der Waals surface area (Å²) >= 11 is 5.03. The Labute approximate surface area is 95.3 Å². The van der Waals surface area contributed by atoms with Crippen molar-refractivity contribution in [3.63, 3.8) is 0 Å². The predicted octanol–water partition coefficient (Wildman–Crippen LogP) is 1.59. The van der Waals surface area contributed by atoms with Crippen molar-refractivity contribution < 1.29 is 0 Å². The molecule has 4 heteroatoms. The topological polar surface area (TPSA) is 36.4 Å². The molecule has 0 aromatic rings. The van der Waals surface area contributed by atoms with E-state index in [0.717, 1.165) is 12.3 Å². The van der Waals surface area contributed by atoms with Crippen LogP contribution in [0.5, 0.6) is 0 Å². The second kappa shape index (κ2) is 4.57. The predicted molar refractivity (Wildman–Crippen MR) is 66.7 cm³/mol. The second-order valence-corrected chi connectivity index (χ2v) is 4.28. The summed E-state index contributed by atoms with van der Waals surface area (Å²) in [6.45, 7) is 4.27. The highest BCUT2D eigenvalue weighted by atomic mass is 32.1. The largest absolute Gasteiger partial charge is 0.358 e. The minimum atomic E-state index is 0.563. The fraction of sp³-hybridized carbons (Fsp3) is 0.455. The first-order chi connectivity index (χ1) is 7.31. The van der Waals surface area contributed by atoms with E-state index >= 15 is 0 Å². The van der Waals surface area contributed by atoms with E-state index in [9.17, 15) is 0 Å². The monoisotopic (exact) mass is 221 g/mol. The Kier molecular flexibility index (Phi) is 3.16. The third-order valence-electron chi connectivity index (χ3n) is 2.85. The molecule has 0 aliphatic heterocycles. The molecule has 2 N–H and O–H groups in total. The molecule has 0 amide bonds. The molecule has 2 rings (SSSR count). The maximum absolute atomic E-state index is 5.03. The summed E-state index contributed by atoms with van der Waals surface area (Å²) in [6.07, 6.45) is 8.57. The molecule has 0 radical (unpaired) electrons. The van der Waals surface area contributed by atoms with Gasteiger partial charge in [-0.05, 0) is 31.0 Å². The second-order valence-electron chi connectivity index (χ2n) is 3.87. The molecule has 1 saturated carbocycles. The number of fused-ring (bicyclic) bond motifs is 1. The summed E-state index contributed by atoms with van der Waals surface area (Å²) in [6, 6.07) is 0. The van der Waals surface area contributed by atoms with Gasteiger partial charge in [0.2, 0.25) is 0 Å². The zero-order chi connectivity index (χ0) is 10.7. The maximum Gasteiger partial charge on any atom is 0.187 e. The Morgan fingerprint density at radius 3 is 3.33 bits per heavy atom. The maximum atomic E-state index is 5.03. The molecular weight excluding hydrogens is 206 g/mol. The van der Waals surface area contributed by atoms with Crippen LogP contribution in [0.3, 0.4) is 0 Å². The minimum Gasteiger partial charge on any atom is -0.358 e. The van der Waals surface area contributed by atoms with Gasteiger partial charge in [-0.1, -0.05) is 18.2 Å². The van der Waals surface area contributed by atoms with Crippen molar-refractivity contribution in [2.75, 3.05) is 6.54 Å². The highest BCUT2D eigenvalue weighted by molar-refractivity contribution is 7.80. The normalized spacial score (nSPS) is 29.5. The van der Waals surface area contributed by atoms with Crippen LogP contribution in [0.1, 0.15) is 12.8 Å². The molecule has 2 aliphatic carbocycles. The van der Waals surface area contributed by atoms with Gasteiger partial charge in [0.15, 0.2) is 5.11 Å². The van der Waals surface area contributed by atoms with Crippen LogP contribution in [-0.4, -0.2) is 17.4 Å². The highest BCUT2D eigenvalue weighted by Crippen LogP contribution is 2.39. The van der Waals surface area contributed by atoms with Crippen molar-refractivity contribution in [3.05, 3.63) is 24.8 Å². The number of rotatable bonds is 3. The summed E-state index contributed by atoms with van der Waals surface area (Å²) in [7, 11) is 0. The summed E-state index contributed by atoms with van der Waals surface area (Å²) in [5.74, 6) is 1.37. The van der Waals surface area contributed by atoms with Gasteiger partial charge in [-0.25, -0.2) is 0 Å². The summed E-state index contributed by atoms with van der Waals surface area (Å²) < 4.78 is 0. The molecule has 0 spiro atoms. The third-order valence-corrected chi connectivity index (χ3v) is 3.09. The standard InChI is InChI=1S/C11H15N3S/c1-2-6-12-11(15)14-13-10-7-8-4-3-5-9(8)10/h2-3,5,8-9H,1,4,6-7H2,(H2,12,14,15)/b13-10-/t8-,9-/m0/s1. The number of hydrazone groups is 1. The fourth-order valence-corrected chi connectivity index (χ4v) is 2.12. The van der Waals surface area contributed by atoms with Gasteiger partial charge in [-0.3, -0.25) is 5.43 Å². The average Bonchev–Trinajstić information content (AvgIpc) is 2.57. The van der Waals surface area contributed by atoms with E-state index in [2.05, 4.69) is 34.6 Å². The summed E-state index contributed by atoms with van der Waals surface area (Å²) in [5.41, 5.74) is 4.08. The van der Waals surface area contributed by atoms with Crippen LogP contribution in [-0.2, 0) is 0 Å². The first-order valence-electron chi connectivity index (χ1n) is 5.19. The number of nitrogens with zero attached hydrogens (tertiary/aromatic N) is 1. The van der Waals surface area contributed by atoms with Crippen LogP contribution < -0.4 is 10.7 Å². The molecule has 15 heavy (non-hydrogen) atoms. The van der Waals surface area contributed by atoms with Crippen LogP contribution in [0.25, 0.3) is 0 Å². The Balaban J connectivity index is 1.77. The van der Waals surface area contributed by atoms with Crippen LogP contribution in [0, 0.1) is 11.8 Å². The molecule has 3 nitrogen and oxygen atoms in total. The van der Waals surface area contributed by atoms with Crippen LogP contribution in [0.15, 0.2) is 29.9 Å². The van der Waals surface area contributed by atoms with E-state index < -0.39 is 0 Å². The van der Waals surface area contributed by atoms with Gasteiger partial charge in [0.1, 0.15) is 0 Å². The lowest BCUT2D eigenvalue weighted by Crippen LogP contribution is -2.38. The quantitative estimate of drug-likeness (QED) is 0.432. The van der Waals surface area contributed by atoms with E-state index in [1.807, 2.05) is 0 Å². The van der Waals surface area contributed by atoms with Crippen LogP contribution in [0.2, 0.25) is 0 Å². The first-order valence-corrected chi connectivity index (χ1v) is 5.60. The molecule has 80 valence electrons. The van der Waals surface area contributed by atoms with Crippen molar-refractivity contribution >= 4 is 23.0 Å². The Bertz CT molecular complexity index is 333. The molecule has 0 saturated heterocycles. The lowest BCUT2D eigenvalue weighted by molar-refractivity contribution is 0.444. The highest BCUT2D eigenvalue weighted by Gasteiger charge is 2.37. The summed E-state index contributed by atoms with van der Waals surface area (Å²) in [5, 5.41) is 7.84. The van der Waals surface area contributed by atoms with E-state index in [0.29, 0.717) is 17.6 Å². The zero-order valence-electron chi connectivity index (χ0n) is 8.57. The van der Waals surface area contributed by atoms with Gasteiger partial charge in [0, 0.05) is 18.2 Å². The average molecular weight is 221 g/mol. The minimum absolute atomic E-state index is 0.563. The van der Waals surface area contributed by atoms with Crippen molar-refractivity contribution in [2.45, 2.75) is 12.8 Å². The van der Waals surface area contributed by atoms with Gasteiger partial charge in [0.25, 0.3) is 0 Å². The lowest BCUT2D eigenvalue weighted by Gasteiger charge is -2.31. The third kappa shape index (κ3) is 2.26. The molecule has 2 atom stereocenters. The molecule has 0 heterocycles. The Morgan fingerprint density at radius 1 is 1.73 bits per heavy atom. The molecular formula is C11H15N3S. The van der Waals surface area contributed by atoms with Crippen LogP contribution in [0.4, 0.5) is 0 Å². The van der Waals surface area contributed by atoms with Crippen molar-refractivity contribution in [1.82, 2.24) is 10.7 Å². The Hall–Kier alpha value is -1.16. The molecule has 1 fully saturated rings. The van der Waals surface area contributed by atoms with Crippen LogP contribution >= 0.6 is 12.2 Å². The van der Waals surface area contributed by atoms with Gasteiger partial charge < -0.3 is 5.32 Å². The lowest BCUT2D eigenvalue weighted by atomic mass is 9.74. The molecule has 0 unspecified atom stereocenters. The van der Waals surface area contributed by atoms with Gasteiger partial charge in [-0.15, -0.1) is 6.58 Å². The smallest absolute Gasteiger partial charge is 0.187 e. The van der Waals surface area contributed by atoms with E-state index in [-0.39, 0.29) is 0 Å². The van der Waals surface area contributed by atoms with Gasteiger partial charge in [-0.2, -0.15) is 5.10 Å².